The number of aromatic nitrogens is 1. The van der Waals surface area contributed by atoms with Crippen molar-refractivity contribution in [2.45, 2.75) is 31.7 Å². The molecule has 1 rings (SSSR count). The van der Waals surface area contributed by atoms with Crippen molar-refractivity contribution < 1.29 is 9.53 Å². The molecular formula is C11H15BrN2O2. The van der Waals surface area contributed by atoms with Crippen LogP contribution in [-0.4, -0.2) is 16.7 Å². The van der Waals surface area contributed by atoms with Gasteiger partial charge in [0.25, 0.3) is 0 Å². The van der Waals surface area contributed by atoms with Gasteiger partial charge in [-0.3, -0.25) is 5.32 Å². The first-order chi connectivity index (χ1) is 7.42. The van der Waals surface area contributed by atoms with Crippen LogP contribution in [0, 0.1) is 0 Å². The molecule has 0 radical (unpaired) electrons. The molecule has 0 aliphatic heterocycles. The number of halogens is 1. The molecular weight excluding hydrogens is 272 g/mol. The van der Waals surface area contributed by atoms with Gasteiger partial charge in [-0.15, -0.1) is 0 Å². The second-order valence-corrected chi connectivity index (χ2v) is 4.83. The van der Waals surface area contributed by atoms with E-state index in [1.54, 1.807) is 6.20 Å². The molecule has 0 atom stereocenters. The van der Waals surface area contributed by atoms with Gasteiger partial charge in [0.05, 0.1) is 0 Å². The fraction of sp³-hybridized carbons (Fsp3) is 0.455. The SMILES string of the molecule is CC(C)(C)OC(=O)Nc1ncccc1CBr. The van der Waals surface area contributed by atoms with Gasteiger partial charge in [-0.05, 0) is 26.8 Å². The lowest BCUT2D eigenvalue weighted by Gasteiger charge is -2.19. The van der Waals surface area contributed by atoms with E-state index in [1.165, 1.54) is 0 Å². The van der Waals surface area contributed by atoms with E-state index in [2.05, 4.69) is 26.2 Å². The highest BCUT2D eigenvalue weighted by Gasteiger charge is 2.17. The van der Waals surface area contributed by atoms with E-state index < -0.39 is 11.7 Å². The third-order valence-corrected chi connectivity index (χ3v) is 2.26. The minimum absolute atomic E-state index is 0.492. The van der Waals surface area contributed by atoms with Gasteiger partial charge in [-0.2, -0.15) is 0 Å². The second kappa shape index (κ2) is 5.30. The van der Waals surface area contributed by atoms with E-state index in [9.17, 15) is 4.79 Å². The van der Waals surface area contributed by atoms with Crippen LogP contribution in [0.1, 0.15) is 26.3 Å². The average molecular weight is 287 g/mol. The molecule has 0 saturated heterocycles. The first kappa shape index (κ1) is 13.0. The van der Waals surface area contributed by atoms with Gasteiger partial charge in [0.15, 0.2) is 0 Å². The Hall–Kier alpha value is -1.10. The van der Waals surface area contributed by atoms with Gasteiger partial charge in [0, 0.05) is 17.1 Å². The fourth-order valence-electron chi connectivity index (χ4n) is 1.06. The van der Waals surface area contributed by atoms with Gasteiger partial charge in [0.2, 0.25) is 0 Å². The van der Waals surface area contributed by atoms with Crippen LogP contribution in [0.15, 0.2) is 18.3 Å². The first-order valence-corrected chi connectivity index (χ1v) is 6.04. The Morgan fingerprint density at radius 2 is 2.25 bits per heavy atom. The molecule has 0 aromatic carbocycles. The van der Waals surface area contributed by atoms with E-state index in [1.807, 2.05) is 32.9 Å². The number of anilines is 1. The Kier molecular flexibility index (Phi) is 4.29. The number of carbonyl (C=O) groups is 1. The molecule has 1 amide bonds. The standard InChI is InChI=1S/C11H15BrN2O2/c1-11(2,3)16-10(15)14-9-8(7-12)5-4-6-13-9/h4-6H,7H2,1-3H3,(H,13,14,15). The van der Waals surface area contributed by atoms with Crippen LogP contribution in [0.2, 0.25) is 0 Å². The van der Waals surface area contributed by atoms with Crippen LogP contribution < -0.4 is 5.32 Å². The van der Waals surface area contributed by atoms with Gasteiger partial charge in [-0.1, -0.05) is 22.0 Å². The summed E-state index contributed by atoms with van der Waals surface area (Å²) >= 11 is 3.33. The monoisotopic (exact) mass is 286 g/mol. The molecule has 1 aromatic heterocycles. The highest BCUT2D eigenvalue weighted by Crippen LogP contribution is 2.16. The normalized spacial score (nSPS) is 11.0. The predicted octanol–water partition coefficient (Wildman–Crippen LogP) is 3.32. The summed E-state index contributed by atoms with van der Waals surface area (Å²) in [4.78, 5) is 15.6. The molecule has 1 heterocycles. The van der Waals surface area contributed by atoms with Gasteiger partial charge >= 0.3 is 6.09 Å². The number of nitrogens with zero attached hydrogens (tertiary/aromatic N) is 1. The highest BCUT2D eigenvalue weighted by atomic mass is 79.9. The van der Waals surface area contributed by atoms with E-state index >= 15 is 0 Å². The molecule has 0 fully saturated rings. The maximum absolute atomic E-state index is 11.5. The Balaban J connectivity index is 2.70. The Labute approximate surface area is 104 Å². The minimum Gasteiger partial charge on any atom is -0.444 e. The number of ether oxygens (including phenoxy) is 1. The zero-order valence-corrected chi connectivity index (χ0v) is 11.2. The summed E-state index contributed by atoms with van der Waals surface area (Å²) in [6, 6.07) is 3.70. The Morgan fingerprint density at radius 3 is 2.81 bits per heavy atom. The summed E-state index contributed by atoms with van der Waals surface area (Å²) in [6.07, 6.45) is 1.13. The quantitative estimate of drug-likeness (QED) is 0.849. The van der Waals surface area contributed by atoms with Crippen molar-refractivity contribution in [1.29, 1.82) is 0 Å². The van der Waals surface area contributed by atoms with Crippen LogP contribution in [0.4, 0.5) is 10.6 Å². The van der Waals surface area contributed by atoms with Crippen LogP contribution in [0.5, 0.6) is 0 Å². The zero-order chi connectivity index (χ0) is 12.2. The summed E-state index contributed by atoms with van der Waals surface area (Å²) in [5.41, 5.74) is 0.404. The summed E-state index contributed by atoms with van der Waals surface area (Å²) in [5, 5.41) is 3.25. The van der Waals surface area contributed by atoms with E-state index in [-0.39, 0.29) is 0 Å². The lowest BCUT2D eigenvalue weighted by molar-refractivity contribution is 0.0635. The Bertz CT molecular complexity index is 374. The van der Waals surface area contributed by atoms with E-state index in [0.717, 1.165) is 5.56 Å². The molecule has 0 unspecified atom stereocenters. The largest absolute Gasteiger partial charge is 0.444 e. The van der Waals surface area contributed by atoms with Gasteiger partial charge in [-0.25, -0.2) is 9.78 Å². The number of hydrogen-bond acceptors (Lipinski definition) is 3. The molecule has 1 N–H and O–H groups in total. The molecule has 4 nitrogen and oxygen atoms in total. The number of amides is 1. The molecule has 1 aromatic rings. The van der Waals surface area contributed by atoms with E-state index in [4.69, 9.17) is 4.74 Å². The molecule has 0 spiro atoms. The zero-order valence-electron chi connectivity index (χ0n) is 9.58. The maximum atomic E-state index is 11.5. The number of carbonyl (C=O) groups excluding carboxylic acids is 1. The van der Waals surface area contributed by atoms with Crippen LogP contribution in [0.3, 0.4) is 0 Å². The maximum Gasteiger partial charge on any atom is 0.413 e. The third-order valence-electron chi connectivity index (χ3n) is 1.65. The van der Waals surface area contributed by atoms with Crippen molar-refractivity contribution in [1.82, 2.24) is 4.98 Å². The smallest absolute Gasteiger partial charge is 0.413 e. The lowest BCUT2D eigenvalue weighted by Crippen LogP contribution is -2.27. The van der Waals surface area contributed by atoms with Crippen molar-refractivity contribution in [3.63, 3.8) is 0 Å². The molecule has 88 valence electrons. The summed E-state index contributed by atoms with van der Waals surface area (Å²) in [7, 11) is 0. The topological polar surface area (TPSA) is 51.2 Å². The number of hydrogen-bond donors (Lipinski definition) is 1. The van der Waals surface area contributed by atoms with Crippen LogP contribution in [-0.2, 0) is 10.1 Å². The van der Waals surface area contributed by atoms with Crippen molar-refractivity contribution in [2.75, 3.05) is 5.32 Å². The minimum atomic E-state index is -0.507. The third kappa shape index (κ3) is 4.18. The van der Waals surface area contributed by atoms with Crippen molar-refractivity contribution in [3.8, 4) is 0 Å². The summed E-state index contributed by atoms with van der Waals surface area (Å²) in [6.45, 7) is 5.45. The molecule has 0 aliphatic carbocycles. The molecule has 0 saturated carbocycles. The molecule has 0 aliphatic rings. The molecule has 5 heteroatoms. The van der Waals surface area contributed by atoms with E-state index in [0.29, 0.717) is 11.1 Å². The Morgan fingerprint density at radius 1 is 1.56 bits per heavy atom. The fourth-order valence-corrected chi connectivity index (χ4v) is 1.51. The first-order valence-electron chi connectivity index (χ1n) is 4.92. The number of pyridine rings is 1. The molecule has 16 heavy (non-hydrogen) atoms. The molecule has 0 bridgehead atoms. The van der Waals surface area contributed by atoms with Crippen molar-refractivity contribution in [2.24, 2.45) is 0 Å². The second-order valence-electron chi connectivity index (χ2n) is 4.27. The van der Waals surface area contributed by atoms with Crippen LogP contribution in [0.25, 0.3) is 0 Å². The van der Waals surface area contributed by atoms with Crippen LogP contribution >= 0.6 is 15.9 Å². The summed E-state index contributed by atoms with van der Waals surface area (Å²) < 4.78 is 5.14. The highest BCUT2D eigenvalue weighted by molar-refractivity contribution is 9.08. The lowest BCUT2D eigenvalue weighted by atomic mass is 10.2. The number of rotatable bonds is 2. The van der Waals surface area contributed by atoms with Gasteiger partial charge < -0.3 is 4.74 Å². The van der Waals surface area contributed by atoms with Crippen molar-refractivity contribution >= 4 is 27.8 Å². The van der Waals surface area contributed by atoms with Crippen molar-refractivity contribution in [3.05, 3.63) is 23.9 Å². The average Bonchev–Trinajstić information content (AvgIpc) is 2.15. The predicted molar refractivity (Wildman–Crippen MR) is 66.7 cm³/mol. The number of nitrogens with one attached hydrogen (secondary N) is 1. The number of alkyl halides is 1. The van der Waals surface area contributed by atoms with Gasteiger partial charge in [0.1, 0.15) is 11.4 Å². The summed E-state index contributed by atoms with van der Waals surface area (Å²) in [5.74, 6) is 0.522.